The van der Waals surface area contributed by atoms with Crippen LogP contribution in [0.25, 0.3) is 0 Å². The highest BCUT2D eigenvalue weighted by atomic mass is 16.7. The maximum atomic E-state index is 11.7. The normalized spacial score (nSPS) is 12.1. The van der Waals surface area contributed by atoms with Crippen molar-refractivity contribution in [3.8, 4) is 11.8 Å². The van der Waals surface area contributed by atoms with Crippen molar-refractivity contribution in [3.63, 3.8) is 0 Å². The maximum absolute atomic E-state index is 11.7. The minimum atomic E-state index is -0.936. The van der Waals surface area contributed by atoms with Gasteiger partial charge in [0, 0.05) is 13.2 Å². The van der Waals surface area contributed by atoms with Crippen LogP contribution in [0.15, 0.2) is 0 Å². The van der Waals surface area contributed by atoms with Crippen LogP contribution in [-0.4, -0.2) is 36.5 Å². The summed E-state index contributed by atoms with van der Waals surface area (Å²) in [6.07, 6.45) is 4.58. The number of Topliss-reactive ketones (excluding diaryl/α,β-unsaturated/α-hetero) is 1. The maximum Gasteiger partial charge on any atom is 0.261 e. The molecule has 0 heterocycles. The highest BCUT2D eigenvalue weighted by Gasteiger charge is 2.16. The standard InChI is InChI=1S/C16H28O4/c1-4-7-8-9-10-11-14(17)12-13-15(18)16(19-5-2)20-6-3/h14,16-17H,4-11H2,1-3H3. The van der Waals surface area contributed by atoms with Crippen molar-refractivity contribution in [1.82, 2.24) is 0 Å². The van der Waals surface area contributed by atoms with Gasteiger partial charge in [-0.05, 0) is 32.6 Å². The van der Waals surface area contributed by atoms with Crippen LogP contribution in [0.1, 0.15) is 59.3 Å². The van der Waals surface area contributed by atoms with E-state index in [9.17, 15) is 9.90 Å². The quantitative estimate of drug-likeness (QED) is 0.274. The molecule has 0 aliphatic heterocycles. The third-order valence-electron chi connectivity index (χ3n) is 2.79. The van der Waals surface area contributed by atoms with E-state index >= 15 is 0 Å². The monoisotopic (exact) mass is 284 g/mol. The summed E-state index contributed by atoms with van der Waals surface area (Å²) in [4.78, 5) is 11.7. The average Bonchev–Trinajstić information content (AvgIpc) is 2.44. The van der Waals surface area contributed by atoms with Gasteiger partial charge >= 0.3 is 0 Å². The number of hydrogen-bond acceptors (Lipinski definition) is 4. The molecule has 1 N–H and O–H groups in total. The largest absolute Gasteiger partial charge is 0.380 e. The van der Waals surface area contributed by atoms with Crippen molar-refractivity contribution in [2.75, 3.05) is 13.2 Å². The van der Waals surface area contributed by atoms with Crippen LogP contribution in [0.2, 0.25) is 0 Å². The molecular weight excluding hydrogens is 256 g/mol. The number of carbonyl (C=O) groups excluding carboxylic acids is 1. The van der Waals surface area contributed by atoms with Crippen molar-refractivity contribution in [3.05, 3.63) is 0 Å². The molecule has 4 nitrogen and oxygen atoms in total. The van der Waals surface area contributed by atoms with Crippen molar-refractivity contribution in [1.29, 1.82) is 0 Å². The van der Waals surface area contributed by atoms with Gasteiger partial charge in [0.2, 0.25) is 6.29 Å². The zero-order chi connectivity index (χ0) is 15.2. The van der Waals surface area contributed by atoms with E-state index in [0.717, 1.165) is 12.8 Å². The lowest BCUT2D eigenvalue weighted by atomic mass is 10.1. The second-order valence-corrected chi connectivity index (χ2v) is 4.59. The first-order valence-electron chi connectivity index (χ1n) is 7.62. The van der Waals surface area contributed by atoms with Gasteiger partial charge < -0.3 is 14.6 Å². The van der Waals surface area contributed by atoms with Gasteiger partial charge in [-0.1, -0.05) is 38.5 Å². The third kappa shape index (κ3) is 9.96. The summed E-state index contributed by atoms with van der Waals surface area (Å²) in [6.45, 7) is 6.52. The average molecular weight is 284 g/mol. The molecular formula is C16H28O4. The topological polar surface area (TPSA) is 55.8 Å². The lowest BCUT2D eigenvalue weighted by molar-refractivity contribution is -0.162. The highest BCUT2D eigenvalue weighted by molar-refractivity contribution is 5.98. The molecule has 0 saturated carbocycles. The van der Waals surface area contributed by atoms with Crippen LogP contribution in [0.3, 0.4) is 0 Å². The van der Waals surface area contributed by atoms with Gasteiger partial charge in [-0.3, -0.25) is 4.79 Å². The van der Waals surface area contributed by atoms with E-state index in [1.54, 1.807) is 13.8 Å². The SMILES string of the molecule is CCCCCCCC(O)C#CC(=O)C(OCC)OCC. The number of ketones is 1. The summed E-state index contributed by atoms with van der Waals surface area (Å²) < 4.78 is 10.3. The van der Waals surface area contributed by atoms with E-state index < -0.39 is 18.2 Å². The van der Waals surface area contributed by atoms with Gasteiger partial charge in [-0.15, -0.1) is 0 Å². The van der Waals surface area contributed by atoms with E-state index in [1.165, 1.54) is 19.3 Å². The predicted octanol–water partition coefficient (Wildman–Crippen LogP) is 2.68. The minimum Gasteiger partial charge on any atom is -0.380 e. The van der Waals surface area contributed by atoms with E-state index in [0.29, 0.717) is 19.6 Å². The Morgan fingerprint density at radius 2 is 1.65 bits per heavy atom. The van der Waals surface area contributed by atoms with E-state index in [2.05, 4.69) is 18.8 Å². The Hall–Kier alpha value is -0.890. The van der Waals surface area contributed by atoms with Gasteiger partial charge in [0.1, 0.15) is 6.10 Å². The Morgan fingerprint density at radius 3 is 2.20 bits per heavy atom. The van der Waals surface area contributed by atoms with Crippen LogP contribution in [-0.2, 0) is 14.3 Å². The number of ether oxygens (including phenoxy) is 2. The Morgan fingerprint density at radius 1 is 1.05 bits per heavy atom. The Labute approximate surface area is 122 Å². The molecule has 0 aromatic rings. The van der Waals surface area contributed by atoms with Gasteiger partial charge in [0.15, 0.2) is 0 Å². The zero-order valence-electron chi connectivity index (χ0n) is 13.0. The molecule has 1 unspecified atom stereocenters. The molecule has 0 aromatic heterocycles. The van der Waals surface area contributed by atoms with Crippen molar-refractivity contribution >= 4 is 5.78 Å². The highest BCUT2D eigenvalue weighted by Crippen LogP contribution is 2.07. The van der Waals surface area contributed by atoms with Crippen LogP contribution >= 0.6 is 0 Å². The summed E-state index contributed by atoms with van der Waals surface area (Å²) in [5.74, 6) is 4.55. The predicted molar refractivity (Wildman–Crippen MR) is 79.2 cm³/mol. The number of aliphatic hydroxyl groups is 1. The van der Waals surface area contributed by atoms with Crippen LogP contribution in [0.5, 0.6) is 0 Å². The summed E-state index contributed by atoms with van der Waals surface area (Å²) in [7, 11) is 0. The molecule has 0 aromatic carbocycles. The second kappa shape index (κ2) is 13.1. The van der Waals surface area contributed by atoms with Gasteiger partial charge in [-0.2, -0.15) is 0 Å². The van der Waals surface area contributed by atoms with E-state index in [1.807, 2.05) is 0 Å². The molecule has 0 spiro atoms. The van der Waals surface area contributed by atoms with Crippen molar-refractivity contribution in [2.24, 2.45) is 0 Å². The first-order valence-corrected chi connectivity index (χ1v) is 7.62. The Balaban J connectivity index is 4.03. The van der Waals surface area contributed by atoms with Gasteiger partial charge in [0.05, 0.1) is 0 Å². The lowest BCUT2D eigenvalue weighted by Gasteiger charge is -2.12. The summed E-state index contributed by atoms with van der Waals surface area (Å²) in [6, 6.07) is 0. The first kappa shape index (κ1) is 19.1. The van der Waals surface area contributed by atoms with Gasteiger partial charge in [0.25, 0.3) is 5.78 Å². The smallest absolute Gasteiger partial charge is 0.261 e. The molecule has 0 rings (SSSR count). The Kier molecular flexibility index (Phi) is 12.5. The lowest BCUT2D eigenvalue weighted by Crippen LogP contribution is -2.26. The molecule has 0 saturated heterocycles. The first-order chi connectivity index (χ1) is 9.65. The molecule has 116 valence electrons. The number of unbranched alkanes of at least 4 members (excludes halogenated alkanes) is 4. The molecule has 20 heavy (non-hydrogen) atoms. The molecule has 0 aliphatic carbocycles. The minimum absolute atomic E-state index is 0.387. The number of hydrogen-bond donors (Lipinski definition) is 1. The van der Waals surface area contributed by atoms with Gasteiger partial charge in [-0.25, -0.2) is 0 Å². The fourth-order valence-electron chi connectivity index (χ4n) is 1.73. The molecule has 0 aliphatic rings. The molecule has 0 amide bonds. The van der Waals surface area contributed by atoms with Crippen molar-refractivity contribution < 1.29 is 19.4 Å². The van der Waals surface area contributed by atoms with Crippen LogP contribution in [0.4, 0.5) is 0 Å². The number of rotatable bonds is 11. The fourth-order valence-corrected chi connectivity index (χ4v) is 1.73. The summed E-state index contributed by atoms with van der Waals surface area (Å²) >= 11 is 0. The van der Waals surface area contributed by atoms with E-state index in [-0.39, 0.29) is 0 Å². The fraction of sp³-hybridized carbons (Fsp3) is 0.812. The van der Waals surface area contributed by atoms with Crippen LogP contribution < -0.4 is 0 Å². The molecule has 1 atom stereocenters. The number of aliphatic hydroxyl groups excluding tert-OH is 1. The number of carbonyl (C=O) groups is 1. The second-order valence-electron chi connectivity index (χ2n) is 4.59. The Bertz CT molecular complexity index is 297. The summed E-state index contributed by atoms with van der Waals surface area (Å²) in [5.41, 5.74) is 0. The third-order valence-corrected chi connectivity index (χ3v) is 2.79. The van der Waals surface area contributed by atoms with E-state index in [4.69, 9.17) is 9.47 Å². The summed E-state index contributed by atoms with van der Waals surface area (Å²) in [5, 5.41) is 9.69. The molecule has 0 fully saturated rings. The van der Waals surface area contributed by atoms with Crippen molar-refractivity contribution in [2.45, 2.75) is 71.7 Å². The van der Waals surface area contributed by atoms with Crippen LogP contribution in [0, 0.1) is 11.8 Å². The zero-order valence-corrected chi connectivity index (χ0v) is 13.0. The molecule has 4 heteroatoms. The molecule has 0 bridgehead atoms. The molecule has 0 radical (unpaired) electrons.